The minimum Gasteiger partial charge on any atom is -0.486 e. The van der Waals surface area contributed by atoms with E-state index < -0.39 is 6.10 Å². The van der Waals surface area contributed by atoms with Crippen molar-refractivity contribution in [2.45, 2.75) is 19.6 Å². The first kappa shape index (κ1) is 20.1. The Morgan fingerprint density at radius 2 is 1.75 bits per heavy atom. The summed E-state index contributed by atoms with van der Waals surface area (Å²) in [5.41, 5.74) is 15.5. The number of hydrogen-bond acceptors (Lipinski definition) is 5. The summed E-state index contributed by atoms with van der Waals surface area (Å²) in [4.78, 5) is 3.96. The number of nitrogen functional groups attached to an aromatic ring is 1. The van der Waals surface area contributed by atoms with Gasteiger partial charge in [-0.25, -0.2) is 0 Å². The molecule has 5 nitrogen and oxygen atoms in total. The van der Waals surface area contributed by atoms with E-state index in [2.05, 4.69) is 4.98 Å². The quantitative estimate of drug-likeness (QED) is 0.390. The van der Waals surface area contributed by atoms with Crippen LogP contribution in [0.4, 0.5) is 5.69 Å². The maximum absolute atomic E-state index is 8.53. The molecular weight excluding hydrogens is 395 g/mol. The maximum Gasteiger partial charge on any atom is 0.124 e. The molecule has 0 fully saturated rings. The lowest BCUT2D eigenvalue weighted by molar-refractivity contribution is 0.227. The lowest BCUT2D eigenvalue weighted by Gasteiger charge is -2.18. The topological polar surface area (TPSA) is 98.0 Å². The Labute approximate surface area is 173 Å². The van der Waals surface area contributed by atoms with E-state index >= 15 is 0 Å². The highest BCUT2D eigenvalue weighted by Gasteiger charge is 2.17. The van der Waals surface area contributed by atoms with Crippen molar-refractivity contribution < 1.29 is 4.74 Å². The van der Waals surface area contributed by atoms with Crippen molar-refractivity contribution in [3.63, 3.8) is 0 Å². The number of halogens is 2. The van der Waals surface area contributed by atoms with Gasteiger partial charge in [0.1, 0.15) is 11.9 Å². The molecule has 3 aromatic rings. The third-order valence-electron chi connectivity index (χ3n) is 4.38. The van der Waals surface area contributed by atoms with Gasteiger partial charge in [-0.2, -0.15) is 0 Å². The number of pyridine rings is 1. The van der Waals surface area contributed by atoms with Crippen LogP contribution in [0.2, 0.25) is 10.0 Å². The monoisotopic (exact) mass is 414 g/mol. The van der Waals surface area contributed by atoms with Gasteiger partial charge >= 0.3 is 0 Å². The molecule has 0 saturated carbocycles. The molecule has 0 bridgehead atoms. The van der Waals surface area contributed by atoms with E-state index in [4.69, 9.17) is 44.8 Å². The Kier molecular flexibility index (Phi) is 6.19. The van der Waals surface area contributed by atoms with Gasteiger partial charge < -0.3 is 16.2 Å². The van der Waals surface area contributed by atoms with Gasteiger partial charge in [-0.05, 0) is 30.7 Å². The summed E-state index contributed by atoms with van der Waals surface area (Å²) in [7, 11) is 0. The van der Waals surface area contributed by atoms with Gasteiger partial charge in [-0.15, -0.1) is 0 Å². The van der Waals surface area contributed by atoms with E-state index in [0.717, 1.165) is 11.1 Å². The average Bonchev–Trinajstić information content (AvgIpc) is 2.69. The maximum atomic E-state index is 8.53. The SMILES string of the molecule is C[C@@H](Oc1ccc(N)c(C(=N)c2ccc(CN)cc2)c1)c1c(Cl)cncc1Cl. The van der Waals surface area contributed by atoms with E-state index in [0.29, 0.717) is 44.9 Å². The van der Waals surface area contributed by atoms with Gasteiger partial charge in [0.2, 0.25) is 0 Å². The predicted molar refractivity (Wildman–Crippen MR) is 114 cm³/mol. The molecule has 144 valence electrons. The zero-order valence-corrected chi connectivity index (χ0v) is 16.8. The van der Waals surface area contributed by atoms with Gasteiger partial charge in [-0.1, -0.05) is 47.5 Å². The molecular formula is C21H20Cl2N4O. The fourth-order valence-corrected chi connectivity index (χ4v) is 3.53. The van der Waals surface area contributed by atoms with Crippen LogP contribution in [0, 0.1) is 5.41 Å². The molecule has 0 amide bonds. The van der Waals surface area contributed by atoms with Crippen molar-refractivity contribution in [1.82, 2.24) is 4.98 Å². The zero-order valence-electron chi connectivity index (χ0n) is 15.2. The number of hydrogen-bond donors (Lipinski definition) is 3. The Morgan fingerprint density at radius 3 is 2.36 bits per heavy atom. The number of anilines is 1. The molecule has 0 unspecified atom stereocenters. The van der Waals surface area contributed by atoms with Crippen molar-refractivity contribution in [3.8, 4) is 5.75 Å². The summed E-state index contributed by atoms with van der Waals surface area (Å²) < 4.78 is 6.01. The number of aromatic nitrogens is 1. The molecule has 7 heteroatoms. The van der Waals surface area contributed by atoms with Crippen LogP contribution in [0.3, 0.4) is 0 Å². The molecule has 28 heavy (non-hydrogen) atoms. The predicted octanol–water partition coefficient (Wildman–Crippen LogP) is 4.99. The van der Waals surface area contributed by atoms with Crippen molar-refractivity contribution in [2.24, 2.45) is 5.73 Å². The van der Waals surface area contributed by atoms with Crippen molar-refractivity contribution in [3.05, 3.63) is 87.2 Å². The minimum absolute atomic E-state index is 0.305. The van der Waals surface area contributed by atoms with Crippen LogP contribution >= 0.6 is 23.2 Å². The van der Waals surface area contributed by atoms with Crippen LogP contribution < -0.4 is 16.2 Å². The van der Waals surface area contributed by atoms with Gasteiger partial charge in [0.15, 0.2) is 0 Å². The molecule has 0 aliphatic heterocycles. The standard InChI is InChI=1S/C21H20Cl2N4O/c1-12(20-17(22)10-27-11-18(20)23)28-15-6-7-19(25)16(8-15)21(26)14-4-2-13(9-24)3-5-14/h2-8,10-12,26H,9,24-25H2,1H3/t12-/m1/s1. The highest BCUT2D eigenvalue weighted by atomic mass is 35.5. The van der Waals surface area contributed by atoms with Crippen LogP contribution in [0.25, 0.3) is 0 Å². The van der Waals surface area contributed by atoms with Crippen LogP contribution in [0.15, 0.2) is 54.9 Å². The number of nitrogens with two attached hydrogens (primary N) is 2. The lowest BCUT2D eigenvalue weighted by Crippen LogP contribution is -2.09. The number of nitrogens with one attached hydrogen (secondary N) is 1. The minimum atomic E-state index is -0.405. The summed E-state index contributed by atoms with van der Waals surface area (Å²) in [5, 5.41) is 9.40. The zero-order chi connectivity index (χ0) is 20.3. The molecule has 0 spiro atoms. The molecule has 1 heterocycles. The summed E-state index contributed by atoms with van der Waals surface area (Å²) in [6.07, 6.45) is 2.65. The van der Waals surface area contributed by atoms with Gasteiger partial charge in [0.05, 0.1) is 15.8 Å². The van der Waals surface area contributed by atoms with E-state index in [-0.39, 0.29) is 0 Å². The van der Waals surface area contributed by atoms with E-state index in [9.17, 15) is 0 Å². The normalized spacial score (nSPS) is 11.9. The second-order valence-electron chi connectivity index (χ2n) is 6.30. The Hall–Kier alpha value is -2.60. The fraction of sp³-hybridized carbons (Fsp3) is 0.143. The Balaban J connectivity index is 1.87. The summed E-state index contributed by atoms with van der Waals surface area (Å²) >= 11 is 12.4. The first-order chi connectivity index (χ1) is 13.4. The van der Waals surface area contributed by atoms with Gasteiger partial charge in [0, 0.05) is 41.3 Å². The highest BCUT2D eigenvalue weighted by molar-refractivity contribution is 6.35. The average molecular weight is 415 g/mol. The summed E-state index contributed by atoms with van der Waals surface area (Å²) in [6.45, 7) is 2.30. The summed E-state index contributed by atoms with van der Waals surface area (Å²) in [5.74, 6) is 0.559. The van der Waals surface area contributed by atoms with Gasteiger partial charge in [-0.3, -0.25) is 10.4 Å². The molecule has 2 aromatic carbocycles. The highest BCUT2D eigenvalue weighted by Crippen LogP contribution is 2.33. The second kappa shape index (κ2) is 8.61. The van der Waals surface area contributed by atoms with Crippen LogP contribution in [-0.2, 0) is 6.54 Å². The number of ether oxygens (including phenoxy) is 1. The third kappa shape index (κ3) is 4.28. The molecule has 5 N–H and O–H groups in total. The van der Waals surface area contributed by atoms with Crippen molar-refractivity contribution >= 4 is 34.6 Å². The molecule has 0 aliphatic rings. The second-order valence-corrected chi connectivity index (χ2v) is 7.12. The van der Waals surface area contributed by atoms with Gasteiger partial charge in [0.25, 0.3) is 0 Å². The van der Waals surface area contributed by atoms with E-state index in [1.165, 1.54) is 12.4 Å². The van der Waals surface area contributed by atoms with Crippen molar-refractivity contribution in [1.29, 1.82) is 5.41 Å². The molecule has 1 aromatic heterocycles. The Morgan fingerprint density at radius 1 is 1.11 bits per heavy atom. The first-order valence-electron chi connectivity index (χ1n) is 8.64. The molecule has 0 aliphatic carbocycles. The van der Waals surface area contributed by atoms with E-state index in [1.807, 2.05) is 31.2 Å². The molecule has 0 radical (unpaired) electrons. The Bertz CT molecular complexity index is 986. The van der Waals surface area contributed by atoms with Crippen LogP contribution in [-0.4, -0.2) is 10.7 Å². The third-order valence-corrected chi connectivity index (χ3v) is 4.98. The van der Waals surface area contributed by atoms with Crippen LogP contribution in [0.1, 0.15) is 35.3 Å². The first-order valence-corrected chi connectivity index (χ1v) is 9.39. The number of rotatable bonds is 6. The van der Waals surface area contributed by atoms with Crippen molar-refractivity contribution in [2.75, 3.05) is 5.73 Å². The molecule has 1 atom stereocenters. The molecule has 0 saturated heterocycles. The van der Waals surface area contributed by atoms with E-state index in [1.54, 1.807) is 18.2 Å². The summed E-state index contributed by atoms with van der Waals surface area (Å²) in [6, 6.07) is 12.7. The smallest absolute Gasteiger partial charge is 0.124 e. The number of benzene rings is 2. The molecule has 3 rings (SSSR count). The van der Waals surface area contributed by atoms with Crippen LogP contribution in [0.5, 0.6) is 5.75 Å². The fourth-order valence-electron chi connectivity index (χ4n) is 2.86. The largest absolute Gasteiger partial charge is 0.486 e. The lowest BCUT2D eigenvalue weighted by atomic mass is 9.99. The number of nitrogens with zero attached hydrogens (tertiary/aromatic N) is 1.